The third kappa shape index (κ3) is 5.74. The highest BCUT2D eigenvalue weighted by atomic mass is 35.5. The molecule has 7 heteroatoms. The first kappa shape index (κ1) is 20.3. The van der Waals surface area contributed by atoms with Gasteiger partial charge in [0.05, 0.1) is 27.2 Å². The molecule has 0 atom stereocenters. The van der Waals surface area contributed by atoms with Crippen LogP contribution in [0, 0.1) is 5.41 Å². The lowest BCUT2D eigenvalue weighted by atomic mass is 9.96. The molecule has 0 unspecified atom stereocenters. The number of Topliss-reactive ketones (excluding diaryl/α,β-unsaturated/α-hetero) is 1. The number of ketones is 1. The normalized spacial score (nSPS) is 11.4. The van der Waals surface area contributed by atoms with Crippen LogP contribution in [-0.2, 0) is 11.3 Å². The fourth-order valence-corrected chi connectivity index (χ4v) is 4.43. The van der Waals surface area contributed by atoms with Crippen LogP contribution in [0.25, 0.3) is 0 Å². The molecule has 0 saturated heterocycles. The van der Waals surface area contributed by atoms with E-state index in [4.69, 9.17) is 23.2 Å². The molecule has 0 fully saturated rings. The van der Waals surface area contributed by atoms with Crippen LogP contribution in [-0.4, -0.2) is 17.4 Å². The van der Waals surface area contributed by atoms with E-state index in [1.54, 1.807) is 24.3 Å². The molecule has 0 radical (unpaired) electrons. The van der Waals surface area contributed by atoms with Gasteiger partial charge in [-0.25, -0.2) is 0 Å². The Morgan fingerprint density at radius 1 is 1.12 bits per heavy atom. The SMILES string of the molecule is CC(C)(C)C(=O)NCc1ccc(C(=O)CSc2c(Cl)cccc2Cl)s1. The Morgan fingerprint density at radius 3 is 2.36 bits per heavy atom. The van der Waals surface area contributed by atoms with Gasteiger partial charge in [-0.2, -0.15) is 0 Å². The van der Waals surface area contributed by atoms with E-state index in [0.29, 0.717) is 26.4 Å². The molecule has 2 rings (SSSR count). The second-order valence-electron chi connectivity index (χ2n) is 6.46. The van der Waals surface area contributed by atoms with Crippen molar-refractivity contribution >= 4 is 58.0 Å². The van der Waals surface area contributed by atoms with Gasteiger partial charge < -0.3 is 5.32 Å². The van der Waals surface area contributed by atoms with Crippen LogP contribution in [0.5, 0.6) is 0 Å². The quantitative estimate of drug-likeness (QED) is 0.486. The summed E-state index contributed by atoms with van der Waals surface area (Å²) in [5.41, 5.74) is -0.430. The van der Waals surface area contributed by atoms with Crippen molar-refractivity contribution in [3.05, 3.63) is 50.1 Å². The lowest BCUT2D eigenvalue weighted by molar-refractivity contribution is -0.128. The number of thioether (sulfide) groups is 1. The molecule has 1 amide bonds. The number of rotatable bonds is 6. The molecular weight excluding hydrogens is 397 g/mol. The number of halogens is 2. The standard InChI is InChI=1S/C18H19Cl2NO2S2/c1-18(2,3)17(23)21-9-11-7-8-15(25-11)14(22)10-24-16-12(19)5-4-6-13(16)20/h4-8H,9-10H2,1-3H3,(H,21,23). The number of carbonyl (C=O) groups is 2. The van der Waals surface area contributed by atoms with Crippen molar-refractivity contribution in [1.82, 2.24) is 5.32 Å². The zero-order chi connectivity index (χ0) is 18.6. The van der Waals surface area contributed by atoms with E-state index >= 15 is 0 Å². The Kier molecular flexibility index (Phi) is 6.97. The Bertz CT molecular complexity index is 761. The average Bonchev–Trinajstić information content (AvgIpc) is 3.00. The third-order valence-electron chi connectivity index (χ3n) is 3.31. The van der Waals surface area contributed by atoms with Gasteiger partial charge in [-0.1, -0.05) is 50.0 Å². The monoisotopic (exact) mass is 415 g/mol. The highest BCUT2D eigenvalue weighted by molar-refractivity contribution is 8.00. The van der Waals surface area contributed by atoms with Gasteiger partial charge in [0.1, 0.15) is 0 Å². The molecule has 0 saturated carbocycles. The van der Waals surface area contributed by atoms with Crippen LogP contribution in [0.4, 0.5) is 0 Å². The molecule has 1 heterocycles. The van der Waals surface area contributed by atoms with Crippen LogP contribution >= 0.6 is 46.3 Å². The van der Waals surface area contributed by atoms with Crippen molar-refractivity contribution in [1.29, 1.82) is 0 Å². The molecule has 1 aromatic heterocycles. The first-order chi connectivity index (χ1) is 11.7. The molecule has 0 bridgehead atoms. The lowest BCUT2D eigenvalue weighted by Gasteiger charge is -2.17. The van der Waals surface area contributed by atoms with E-state index in [9.17, 15) is 9.59 Å². The number of amides is 1. The van der Waals surface area contributed by atoms with Gasteiger partial charge in [0.25, 0.3) is 0 Å². The van der Waals surface area contributed by atoms with E-state index in [0.717, 1.165) is 4.88 Å². The van der Waals surface area contributed by atoms with Crippen molar-refractivity contribution < 1.29 is 9.59 Å². The van der Waals surface area contributed by atoms with Crippen LogP contribution in [0.2, 0.25) is 10.0 Å². The molecule has 1 aromatic carbocycles. The minimum absolute atomic E-state index is 0.0133. The molecule has 0 aliphatic rings. The zero-order valence-electron chi connectivity index (χ0n) is 14.2. The highest BCUT2D eigenvalue weighted by Crippen LogP contribution is 2.34. The smallest absolute Gasteiger partial charge is 0.225 e. The Morgan fingerprint density at radius 2 is 1.76 bits per heavy atom. The molecular formula is C18H19Cl2NO2S2. The van der Waals surface area contributed by atoms with Gasteiger partial charge in [0.2, 0.25) is 5.91 Å². The third-order valence-corrected chi connectivity index (χ3v) is 6.42. The second kappa shape index (κ2) is 8.58. The van der Waals surface area contributed by atoms with Gasteiger partial charge in [0.15, 0.2) is 5.78 Å². The van der Waals surface area contributed by atoms with E-state index in [2.05, 4.69) is 5.32 Å². The minimum atomic E-state index is -0.430. The summed E-state index contributed by atoms with van der Waals surface area (Å²) >= 11 is 15.0. The molecule has 3 nitrogen and oxygen atoms in total. The van der Waals surface area contributed by atoms with E-state index < -0.39 is 5.41 Å². The summed E-state index contributed by atoms with van der Waals surface area (Å²) in [6, 6.07) is 8.94. The predicted octanol–water partition coefficient (Wildman–Crippen LogP) is 5.69. The summed E-state index contributed by atoms with van der Waals surface area (Å²) in [4.78, 5) is 26.6. The largest absolute Gasteiger partial charge is 0.351 e. The van der Waals surface area contributed by atoms with Crippen LogP contribution in [0.15, 0.2) is 35.2 Å². The molecule has 0 aliphatic heterocycles. The summed E-state index contributed by atoms with van der Waals surface area (Å²) in [7, 11) is 0. The maximum Gasteiger partial charge on any atom is 0.225 e. The van der Waals surface area contributed by atoms with Gasteiger partial charge in [-0.3, -0.25) is 9.59 Å². The van der Waals surface area contributed by atoms with Crippen LogP contribution < -0.4 is 5.32 Å². The van der Waals surface area contributed by atoms with Gasteiger partial charge in [-0.05, 0) is 24.3 Å². The topological polar surface area (TPSA) is 46.2 Å². The molecule has 25 heavy (non-hydrogen) atoms. The van der Waals surface area contributed by atoms with Gasteiger partial charge in [-0.15, -0.1) is 23.1 Å². The summed E-state index contributed by atoms with van der Waals surface area (Å²) in [5.74, 6) is 0.259. The summed E-state index contributed by atoms with van der Waals surface area (Å²) in [6.07, 6.45) is 0. The van der Waals surface area contributed by atoms with Crippen molar-refractivity contribution in [2.75, 3.05) is 5.75 Å². The summed E-state index contributed by atoms with van der Waals surface area (Å²) in [5, 5.41) is 3.97. The fraction of sp³-hybridized carbons (Fsp3) is 0.333. The maximum absolute atomic E-state index is 12.4. The Balaban J connectivity index is 1.93. The molecule has 0 spiro atoms. The van der Waals surface area contributed by atoms with E-state index in [-0.39, 0.29) is 17.4 Å². The summed E-state index contributed by atoms with van der Waals surface area (Å²) < 4.78 is 0. The zero-order valence-corrected chi connectivity index (χ0v) is 17.3. The van der Waals surface area contributed by atoms with Crippen molar-refractivity contribution in [2.24, 2.45) is 5.41 Å². The van der Waals surface area contributed by atoms with E-state index in [1.165, 1.54) is 23.1 Å². The number of hydrogen-bond acceptors (Lipinski definition) is 4. The van der Waals surface area contributed by atoms with Crippen molar-refractivity contribution in [2.45, 2.75) is 32.2 Å². The first-order valence-corrected chi connectivity index (χ1v) is 10.2. The Hall–Kier alpha value is -1.01. The number of nitrogens with one attached hydrogen (secondary N) is 1. The second-order valence-corrected chi connectivity index (χ2v) is 9.43. The molecule has 0 aliphatic carbocycles. The number of hydrogen-bond donors (Lipinski definition) is 1. The van der Waals surface area contributed by atoms with Gasteiger partial charge in [0, 0.05) is 15.2 Å². The van der Waals surface area contributed by atoms with Gasteiger partial charge >= 0.3 is 0 Å². The number of carbonyl (C=O) groups excluding carboxylic acids is 2. The number of thiophene rings is 1. The molecule has 134 valence electrons. The molecule has 1 N–H and O–H groups in total. The number of benzene rings is 1. The molecule has 2 aromatic rings. The first-order valence-electron chi connectivity index (χ1n) is 7.65. The summed E-state index contributed by atoms with van der Waals surface area (Å²) in [6.45, 7) is 6.02. The van der Waals surface area contributed by atoms with Crippen molar-refractivity contribution in [3.63, 3.8) is 0 Å². The Labute approximate surface area is 166 Å². The lowest BCUT2D eigenvalue weighted by Crippen LogP contribution is -2.34. The maximum atomic E-state index is 12.4. The minimum Gasteiger partial charge on any atom is -0.351 e. The van der Waals surface area contributed by atoms with Crippen molar-refractivity contribution in [3.8, 4) is 0 Å². The van der Waals surface area contributed by atoms with Crippen LogP contribution in [0.1, 0.15) is 35.3 Å². The highest BCUT2D eigenvalue weighted by Gasteiger charge is 2.21. The van der Waals surface area contributed by atoms with Crippen LogP contribution in [0.3, 0.4) is 0 Å². The average molecular weight is 416 g/mol. The fourth-order valence-electron chi connectivity index (χ4n) is 1.88. The predicted molar refractivity (Wildman–Crippen MR) is 107 cm³/mol. The van der Waals surface area contributed by atoms with E-state index in [1.807, 2.05) is 26.8 Å².